The average molecular weight is 603 g/mol. The molecule has 0 saturated heterocycles. The van der Waals surface area contributed by atoms with Crippen LogP contribution in [0.25, 0.3) is 22.4 Å². The molecule has 0 spiro atoms. The highest BCUT2D eigenvalue weighted by Crippen LogP contribution is 2.28. The third-order valence-electron chi connectivity index (χ3n) is 5.49. The van der Waals surface area contributed by atoms with Crippen molar-refractivity contribution in [2.45, 2.75) is 11.4 Å². The Morgan fingerprint density at radius 3 is 2.38 bits per heavy atom. The Hall–Kier alpha value is -3.90. The second-order valence-corrected chi connectivity index (χ2v) is 11.2. The van der Waals surface area contributed by atoms with Crippen LogP contribution in [0.5, 0.6) is 0 Å². The summed E-state index contributed by atoms with van der Waals surface area (Å²) in [4.78, 5) is 21.0. The van der Waals surface area contributed by atoms with Gasteiger partial charge in [0.15, 0.2) is 17.3 Å². The number of aromatic nitrogens is 4. The van der Waals surface area contributed by atoms with E-state index in [1.54, 1.807) is 36.4 Å². The number of hydrogen-bond acceptors (Lipinski definition) is 6. The van der Waals surface area contributed by atoms with Gasteiger partial charge in [-0.1, -0.05) is 46.9 Å². The SMILES string of the molecule is O=C(NCc1ccc(Cl)cc1)Nc1n[nH]c2nc(-c3ccc(NS(=O)(=O)c4cc(Cl)ccc4Cl)cc3)ncc12. The van der Waals surface area contributed by atoms with E-state index in [-0.39, 0.29) is 20.8 Å². The van der Waals surface area contributed by atoms with Gasteiger partial charge < -0.3 is 5.32 Å². The second-order valence-electron chi connectivity index (χ2n) is 8.22. The molecule has 0 aliphatic heterocycles. The number of nitrogens with one attached hydrogen (secondary N) is 4. The molecular weight excluding hydrogens is 585 g/mol. The van der Waals surface area contributed by atoms with Crippen LogP contribution in [-0.2, 0) is 16.6 Å². The molecule has 0 aliphatic rings. The predicted molar refractivity (Wildman–Crippen MR) is 152 cm³/mol. The first-order chi connectivity index (χ1) is 18.7. The molecule has 198 valence electrons. The number of amides is 2. The highest BCUT2D eigenvalue weighted by molar-refractivity contribution is 7.92. The molecule has 0 unspecified atom stereocenters. The maximum absolute atomic E-state index is 12.8. The molecule has 5 rings (SSSR count). The Morgan fingerprint density at radius 1 is 0.923 bits per heavy atom. The minimum atomic E-state index is -3.96. The summed E-state index contributed by atoms with van der Waals surface area (Å²) in [6, 6.07) is 17.4. The lowest BCUT2D eigenvalue weighted by atomic mass is 10.2. The fraction of sp³-hybridized carbons (Fsp3) is 0.0400. The van der Waals surface area contributed by atoms with Gasteiger partial charge in [0.1, 0.15) is 4.90 Å². The number of rotatable bonds is 7. The summed E-state index contributed by atoms with van der Waals surface area (Å²) in [5, 5.41) is 13.8. The van der Waals surface area contributed by atoms with Gasteiger partial charge in [0.25, 0.3) is 10.0 Å². The summed E-state index contributed by atoms with van der Waals surface area (Å²) in [6.45, 7) is 0.310. The number of H-pyrrole nitrogens is 1. The molecule has 39 heavy (non-hydrogen) atoms. The molecule has 4 N–H and O–H groups in total. The van der Waals surface area contributed by atoms with E-state index in [4.69, 9.17) is 34.8 Å². The summed E-state index contributed by atoms with van der Waals surface area (Å²) >= 11 is 17.8. The van der Waals surface area contributed by atoms with E-state index in [0.717, 1.165) is 5.56 Å². The standard InChI is InChI=1S/C25H18Cl3N7O3S/c26-16-5-1-14(2-6-16)12-30-25(36)32-24-19-13-29-22(31-23(19)33-34-24)15-3-8-18(9-4-15)35-39(37,38)21-11-17(27)7-10-20(21)28/h1-11,13,35H,12H2,(H3,29,30,31,32,33,34,36). The third kappa shape index (κ3) is 6.23. The largest absolute Gasteiger partial charge is 0.334 e. The normalized spacial score (nSPS) is 11.4. The maximum atomic E-state index is 12.8. The molecule has 0 fully saturated rings. The lowest BCUT2D eigenvalue weighted by Crippen LogP contribution is -2.28. The van der Waals surface area contributed by atoms with E-state index >= 15 is 0 Å². The molecule has 3 aromatic carbocycles. The number of sulfonamides is 1. The first-order valence-corrected chi connectivity index (χ1v) is 13.9. The van der Waals surface area contributed by atoms with Crippen molar-refractivity contribution < 1.29 is 13.2 Å². The lowest BCUT2D eigenvalue weighted by Gasteiger charge is -2.10. The van der Waals surface area contributed by atoms with E-state index in [1.807, 2.05) is 12.1 Å². The summed E-state index contributed by atoms with van der Waals surface area (Å²) in [7, 11) is -3.96. The number of carbonyl (C=O) groups is 1. The number of benzene rings is 3. The number of anilines is 2. The van der Waals surface area contributed by atoms with Crippen LogP contribution in [0.15, 0.2) is 77.8 Å². The molecule has 5 aromatic rings. The molecule has 0 atom stereocenters. The first kappa shape index (κ1) is 26.7. The maximum Gasteiger partial charge on any atom is 0.320 e. The second kappa shape index (κ2) is 11.1. The molecule has 0 aliphatic carbocycles. The molecule has 2 aromatic heterocycles. The Kier molecular flexibility index (Phi) is 7.58. The van der Waals surface area contributed by atoms with E-state index in [9.17, 15) is 13.2 Å². The van der Waals surface area contributed by atoms with Crippen LogP contribution in [0.1, 0.15) is 5.56 Å². The zero-order chi connectivity index (χ0) is 27.6. The van der Waals surface area contributed by atoms with Crippen molar-refractivity contribution >= 4 is 73.4 Å². The Bertz CT molecular complexity index is 1780. The number of carbonyl (C=O) groups excluding carboxylic acids is 1. The van der Waals surface area contributed by atoms with Gasteiger partial charge in [0.2, 0.25) is 0 Å². The molecule has 0 bridgehead atoms. The number of hydrogen-bond donors (Lipinski definition) is 4. The van der Waals surface area contributed by atoms with E-state index in [2.05, 4.69) is 35.5 Å². The lowest BCUT2D eigenvalue weighted by molar-refractivity contribution is 0.251. The van der Waals surface area contributed by atoms with Crippen LogP contribution in [-0.4, -0.2) is 34.6 Å². The molecule has 2 amide bonds. The molecule has 0 saturated carbocycles. The smallest absolute Gasteiger partial charge is 0.320 e. The fourth-order valence-corrected chi connectivity index (χ4v) is 5.51. The molecule has 0 radical (unpaired) electrons. The topological polar surface area (TPSA) is 142 Å². The van der Waals surface area contributed by atoms with Crippen molar-refractivity contribution in [2.75, 3.05) is 10.0 Å². The van der Waals surface area contributed by atoms with Gasteiger partial charge in [-0.15, -0.1) is 0 Å². The summed E-state index contributed by atoms with van der Waals surface area (Å²) < 4.78 is 28.0. The third-order valence-corrected chi connectivity index (χ3v) is 7.84. The zero-order valence-corrected chi connectivity index (χ0v) is 22.8. The fourth-order valence-electron chi connectivity index (χ4n) is 3.56. The van der Waals surface area contributed by atoms with Crippen molar-refractivity contribution in [2.24, 2.45) is 0 Å². The average Bonchev–Trinajstić information content (AvgIpc) is 3.31. The minimum absolute atomic E-state index is 0.0534. The van der Waals surface area contributed by atoms with E-state index in [1.165, 1.54) is 24.4 Å². The summed E-state index contributed by atoms with van der Waals surface area (Å²) in [5.41, 5.74) is 2.24. The summed E-state index contributed by atoms with van der Waals surface area (Å²) in [6.07, 6.45) is 1.54. The van der Waals surface area contributed by atoms with Gasteiger partial charge in [-0.2, -0.15) is 5.10 Å². The van der Waals surface area contributed by atoms with Crippen LogP contribution in [0.2, 0.25) is 15.1 Å². The number of urea groups is 1. The van der Waals surface area contributed by atoms with Gasteiger partial charge in [-0.3, -0.25) is 15.1 Å². The number of fused-ring (bicyclic) bond motifs is 1. The number of halogens is 3. The predicted octanol–water partition coefficient (Wildman–Crippen LogP) is 6.10. The van der Waals surface area contributed by atoms with Gasteiger partial charge >= 0.3 is 6.03 Å². The van der Waals surface area contributed by atoms with Crippen LogP contribution < -0.4 is 15.4 Å². The van der Waals surface area contributed by atoms with Crippen molar-refractivity contribution in [1.29, 1.82) is 0 Å². The van der Waals surface area contributed by atoms with Crippen LogP contribution >= 0.6 is 34.8 Å². The Labute approximate surface area is 237 Å². The number of aromatic amines is 1. The van der Waals surface area contributed by atoms with Crippen LogP contribution in [0.3, 0.4) is 0 Å². The molecule has 14 heteroatoms. The van der Waals surface area contributed by atoms with Crippen molar-refractivity contribution in [3.8, 4) is 11.4 Å². The quantitative estimate of drug-likeness (QED) is 0.177. The van der Waals surface area contributed by atoms with Crippen LogP contribution in [0.4, 0.5) is 16.3 Å². The van der Waals surface area contributed by atoms with Gasteiger partial charge in [-0.25, -0.2) is 23.2 Å². The first-order valence-electron chi connectivity index (χ1n) is 11.3. The molecule has 2 heterocycles. The van der Waals surface area contributed by atoms with Crippen molar-refractivity contribution in [3.05, 3.63) is 93.6 Å². The highest BCUT2D eigenvalue weighted by Gasteiger charge is 2.19. The van der Waals surface area contributed by atoms with Crippen molar-refractivity contribution in [1.82, 2.24) is 25.5 Å². The van der Waals surface area contributed by atoms with Crippen LogP contribution in [0, 0.1) is 0 Å². The monoisotopic (exact) mass is 601 g/mol. The van der Waals surface area contributed by atoms with Gasteiger partial charge in [0.05, 0.1) is 10.4 Å². The van der Waals surface area contributed by atoms with E-state index in [0.29, 0.717) is 39.7 Å². The molecule has 10 nitrogen and oxygen atoms in total. The van der Waals surface area contributed by atoms with E-state index < -0.39 is 16.1 Å². The van der Waals surface area contributed by atoms with Crippen molar-refractivity contribution in [3.63, 3.8) is 0 Å². The summed E-state index contributed by atoms with van der Waals surface area (Å²) in [5.74, 6) is 0.645. The highest BCUT2D eigenvalue weighted by atomic mass is 35.5. The van der Waals surface area contributed by atoms with Gasteiger partial charge in [-0.05, 0) is 60.2 Å². The van der Waals surface area contributed by atoms with Gasteiger partial charge in [0, 0.05) is 34.0 Å². The number of nitrogens with zero attached hydrogens (tertiary/aromatic N) is 3. The molecular formula is C25H18Cl3N7O3S. The Balaban J connectivity index is 1.26. The zero-order valence-electron chi connectivity index (χ0n) is 19.7. The minimum Gasteiger partial charge on any atom is -0.334 e. The Morgan fingerprint density at radius 2 is 1.64 bits per heavy atom.